The molecule has 1 heterocycles. The molecule has 2 aromatic rings. The zero-order chi connectivity index (χ0) is 14.5. The molecule has 1 atom stereocenters. The number of imidazole rings is 1. The van der Waals surface area contributed by atoms with E-state index in [1.165, 1.54) is 0 Å². The number of nitrogens with zero attached hydrogens (tertiary/aromatic N) is 2. The highest BCUT2D eigenvalue weighted by Crippen LogP contribution is 2.26. The van der Waals surface area contributed by atoms with E-state index in [1.54, 1.807) is 11.8 Å². The van der Waals surface area contributed by atoms with Crippen molar-refractivity contribution in [2.45, 2.75) is 30.7 Å². The van der Waals surface area contributed by atoms with E-state index in [0.717, 1.165) is 21.9 Å². The zero-order valence-corrected chi connectivity index (χ0v) is 12.3. The molecule has 1 aromatic carbocycles. The third-order valence-corrected chi connectivity index (χ3v) is 3.67. The Morgan fingerprint density at radius 3 is 3.10 bits per heavy atom. The summed E-state index contributed by atoms with van der Waals surface area (Å²) in [4.78, 5) is 7.74. The SMILES string of the molecule is CCOc1ccc2nc(SC(C)CC(N)=NO)[nH]c2c1. The number of nitrogens with two attached hydrogens (primary N) is 1. The highest BCUT2D eigenvalue weighted by molar-refractivity contribution is 7.99. The largest absolute Gasteiger partial charge is 0.494 e. The summed E-state index contributed by atoms with van der Waals surface area (Å²) in [7, 11) is 0. The fraction of sp³-hybridized carbons (Fsp3) is 0.385. The minimum atomic E-state index is 0.165. The van der Waals surface area contributed by atoms with E-state index < -0.39 is 0 Å². The van der Waals surface area contributed by atoms with Crippen molar-refractivity contribution in [3.8, 4) is 5.75 Å². The average molecular weight is 294 g/mol. The lowest BCUT2D eigenvalue weighted by atomic mass is 10.3. The average Bonchev–Trinajstić information content (AvgIpc) is 2.80. The second kappa shape index (κ2) is 6.51. The Morgan fingerprint density at radius 2 is 2.40 bits per heavy atom. The van der Waals surface area contributed by atoms with Crippen LogP contribution in [-0.2, 0) is 0 Å². The first-order valence-electron chi connectivity index (χ1n) is 6.38. The molecule has 0 aliphatic carbocycles. The van der Waals surface area contributed by atoms with Gasteiger partial charge in [0.25, 0.3) is 0 Å². The number of aromatic nitrogens is 2. The van der Waals surface area contributed by atoms with Crippen LogP contribution in [0.4, 0.5) is 0 Å². The number of ether oxygens (including phenoxy) is 1. The van der Waals surface area contributed by atoms with Gasteiger partial charge >= 0.3 is 0 Å². The van der Waals surface area contributed by atoms with Gasteiger partial charge in [-0.15, -0.1) is 0 Å². The van der Waals surface area contributed by atoms with Gasteiger partial charge in [0.2, 0.25) is 0 Å². The molecule has 0 aliphatic rings. The smallest absolute Gasteiger partial charge is 0.166 e. The normalized spacial score (nSPS) is 13.6. The molecule has 0 amide bonds. The molecule has 0 spiro atoms. The standard InChI is InChI=1S/C13H18N4O2S/c1-3-19-9-4-5-10-11(7-9)16-13(15-10)20-8(2)6-12(14)17-18/h4-5,7-8,18H,3,6H2,1-2H3,(H2,14,17)(H,15,16). The lowest BCUT2D eigenvalue weighted by Crippen LogP contribution is -2.16. The molecule has 0 radical (unpaired) electrons. The van der Waals surface area contributed by atoms with Gasteiger partial charge in [-0.3, -0.25) is 0 Å². The number of thioether (sulfide) groups is 1. The number of benzene rings is 1. The highest BCUT2D eigenvalue weighted by Gasteiger charge is 2.11. The topological polar surface area (TPSA) is 96.5 Å². The zero-order valence-electron chi connectivity index (χ0n) is 11.5. The Kier molecular flexibility index (Phi) is 4.73. The van der Waals surface area contributed by atoms with Crippen LogP contribution in [0.2, 0.25) is 0 Å². The fourth-order valence-corrected chi connectivity index (χ4v) is 2.80. The van der Waals surface area contributed by atoms with E-state index in [4.69, 9.17) is 15.7 Å². The van der Waals surface area contributed by atoms with Gasteiger partial charge in [0.15, 0.2) is 5.16 Å². The monoisotopic (exact) mass is 294 g/mol. The number of amidine groups is 1. The molecule has 108 valence electrons. The maximum atomic E-state index is 8.56. The maximum absolute atomic E-state index is 8.56. The van der Waals surface area contributed by atoms with Gasteiger partial charge in [0.1, 0.15) is 11.6 Å². The van der Waals surface area contributed by atoms with Crippen molar-refractivity contribution in [1.82, 2.24) is 9.97 Å². The highest BCUT2D eigenvalue weighted by atomic mass is 32.2. The fourth-order valence-electron chi connectivity index (χ4n) is 1.85. The molecular weight excluding hydrogens is 276 g/mol. The maximum Gasteiger partial charge on any atom is 0.166 e. The number of hydrogen-bond acceptors (Lipinski definition) is 5. The first kappa shape index (κ1) is 14.5. The van der Waals surface area contributed by atoms with Crippen LogP contribution in [0.15, 0.2) is 28.5 Å². The summed E-state index contributed by atoms with van der Waals surface area (Å²) in [5, 5.41) is 12.5. The summed E-state index contributed by atoms with van der Waals surface area (Å²) in [6.45, 7) is 4.59. The predicted octanol–water partition coefficient (Wildman–Crippen LogP) is 2.58. The molecule has 7 heteroatoms. The van der Waals surface area contributed by atoms with Crippen molar-refractivity contribution >= 4 is 28.6 Å². The van der Waals surface area contributed by atoms with Crippen LogP contribution in [0, 0.1) is 0 Å². The van der Waals surface area contributed by atoms with Crippen LogP contribution in [0.25, 0.3) is 11.0 Å². The summed E-state index contributed by atoms with van der Waals surface area (Å²) in [6.07, 6.45) is 0.502. The van der Waals surface area contributed by atoms with Gasteiger partial charge in [-0.05, 0) is 19.1 Å². The van der Waals surface area contributed by atoms with Gasteiger partial charge in [0.05, 0.1) is 17.6 Å². The molecule has 2 rings (SSSR count). The summed E-state index contributed by atoms with van der Waals surface area (Å²) >= 11 is 1.55. The second-order valence-corrected chi connectivity index (χ2v) is 5.80. The molecule has 0 saturated carbocycles. The molecule has 1 unspecified atom stereocenters. The molecule has 0 saturated heterocycles. The molecule has 20 heavy (non-hydrogen) atoms. The van der Waals surface area contributed by atoms with Gasteiger partial charge in [0, 0.05) is 17.7 Å². The summed E-state index contributed by atoms with van der Waals surface area (Å²) in [6, 6.07) is 5.76. The first-order valence-corrected chi connectivity index (χ1v) is 7.26. The molecule has 0 aliphatic heterocycles. The van der Waals surface area contributed by atoms with Crippen molar-refractivity contribution in [2.24, 2.45) is 10.9 Å². The van der Waals surface area contributed by atoms with E-state index in [9.17, 15) is 0 Å². The quantitative estimate of drug-likeness (QED) is 0.250. The van der Waals surface area contributed by atoms with E-state index in [-0.39, 0.29) is 11.1 Å². The van der Waals surface area contributed by atoms with Gasteiger partial charge in [-0.1, -0.05) is 23.8 Å². The third-order valence-electron chi connectivity index (χ3n) is 2.68. The second-order valence-electron chi connectivity index (χ2n) is 4.38. The summed E-state index contributed by atoms with van der Waals surface area (Å²) in [5.41, 5.74) is 7.33. The van der Waals surface area contributed by atoms with E-state index in [2.05, 4.69) is 15.1 Å². The van der Waals surface area contributed by atoms with Crippen molar-refractivity contribution in [3.05, 3.63) is 18.2 Å². The number of fused-ring (bicyclic) bond motifs is 1. The Labute approximate surface area is 121 Å². The molecule has 6 nitrogen and oxygen atoms in total. The van der Waals surface area contributed by atoms with Crippen LogP contribution < -0.4 is 10.5 Å². The number of nitrogens with one attached hydrogen (secondary N) is 1. The Balaban J connectivity index is 2.11. The number of aromatic amines is 1. The van der Waals surface area contributed by atoms with Crippen molar-refractivity contribution in [1.29, 1.82) is 0 Å². The minimum Gasteiger partial charge on any atom is -0.494 e. The molecular formula is C13H18N4O2S. The van der Waals surface area contributed by atoms with Crippen molar-refractivity contribution in [3.63, 3.8) is 0 Å². The summed E-state index contributed by atoms with van der Waals surface area (Å²) < 4.78 is 5.46. The number of oxime groups is 1. The van der Waals surface area contributed by atoms with E-state index in [0.29, 0.717) is 13.0 Å². The van der Waals surface area contributed by atoms with Crippen LogP contribution in [-0.4, -0.2) is 32.9 Å². The van der Waals surface area contributed by atoms with Crippen LogP contribution in [0.5, 0.6) is 5.75 Å². The van der Waals surface area contributed by atoms with Gasteiger partial charge in [-0.2, -0.15) is 0 Å². The minimum absolute atomic E-state index is 0.165. The Hall–Kier alpha value is -1.89. The molecule has 1 aromatic heterocycles. The first-order chi connectivity index (χ1) is 9.62. The number of hydrogen-bond donors (Lipinski definition) is 3. The van der Waals surface area contributed by atoms with Gasteiger partial charge < -0.3 is 20.7 Å². The Bertz CT molecular complexity index is 611. The molecule has 0 fully saturated rings. The third kappa shape index (κ3) is 3.57. The van der Waals surface area contributed by atoms with E-state index >= 15 is 0 Å². The van der Waals surface area contributed by atoms with Crippen LogP contribution in [0.1, 0.15) is 20.3 Å². The van der Waals surface area contributed by atoms with Crippen molar-refractivity contribution in [2.75, 3.05) is 6.61 Å². The summed E-state index contributed by atoms with van der Waals surface area (Å²) in [5.74, 6) is 1.05. The van der Waals surface area contributed by atoms with Crippen molar-refractivity contribution < 1.29 is 9.94 Å². The molecule has 0 bridgehead atoms. The lowest BCUT2D eigenvalue weighted by Gasteiger charge is -2.06. The van der Waals surface area contributed by atoms with Crippen LogP contribution >= 0.6 is 11.8 Å². The van der Waals surface area contributed by atoms with Crippen LogP contribution in [0.3, 0.4) is 0 Å². The predicted molar refractivity (Wildman–Crippen MR) is 80.6 cm³/mol. The lowest BCUT2D eigenvalue weighted by molar-refractivity contribution is 0.317. The molecule has 4 N–H and O–H groups in total. The number of H-pyrrole nitrogens is 1. The Morgan fingerprint density at radius 1 is 1.60 bits per heavy atom. The van der Waals surface area contributed by atoms with E-state index in [1.807, 2.05) is 32.0 Å². The van der Waals surface area contributed by atoms with Gasteiger partial charge in [-0.25, -0.2) is 4.98 Å². The number of rotatable bonds is 6.